The molecule has 142 valence electrons. The van der Waals surface area contributed by atoms with Gasteiger partial charge in [0, 0.05) is 31.0 Å². The Morgan fingerprint density at radius 2 is 1.77 bits per heavy atom. The zero-order chi connectivity index (χ0) is 18.4. The molecule has 2 atom stereocenters. The van der Waals surface area contributed by atoms with Crippen molar-refractivity contribution in [2.45, 2.75) is 19.1 Å². The maximum atomic E-state index is 12.3. The van der Waals surface area contributed by atoms with Gasteiger partial charge in [-0.25, -0.2) is 0 Å². The Morgan fingerprint density at radius 3 is 2.42 bits per heavy atom. The van der Waals surface area contributed by atoms with Crippen molar-refractivity contribution in [2.75, 3.05) is 56.6 Å². The third-order valence-electron chi connectivity index (χ3n) is 4.51. The van der Waals surface area contributed by atoms with E-state index in [4.69, 9.17) is 9.47 Å². The molecular formula is C18H26N4O4. The molecule has 2 saturated heterocycles. The van der Waals surface area contributed by atoms with Crippen molar-refractivity contribution >= 4 is 23.2 Å². The molecule has 2 aliphatic rings. The summed E-state index contributed by atoms with van der Waals surface area (Å²) >= 11 is 0. The van der Waals surface area contributed by atoms with Crippen LogP contribution in [-0.2, 0) is 19.1 Å². The predicted molar refractivity (Wildman–Crippen MR) is 98.2 cm³/mol. The van der Waals surface area contributed by atoms with Crippen LogP contribution in [0.4, 0.5) is 11.4 Å². The van der Waals surface area contributed by atoms with Crippen LogP contribution >= 0.6 is 0 Å². The Bertz CT molecular complexity index is 616. The molecule has 8 heteroatoms. The lowest BCUT2D eigenvalue weighted by atomic mass is 10.1. The average Bonchev–Trinajstić information content (AvgIpc) is 2.64. The van der Waals surface area contributed by atoms with Gasteiger partial charge < -0.3 is 25.4 Å². The van der Waals surface area contributed by atoms with Gasteiger partial charge in [-0.1, -0.05) is 0 Å². The van der Waals surface area contributed by atoms with Gasteiger partial charge >= 0.3 is 0 Å². The summed E-state index contributed by atoms with van der Waals surface area (Å²) in [6, 6.07) is 6.74. The van der Waals surface area contributed by atoms with Crippen molar-refractivity contribution in [1.29, 1.82) is 0 Å². The second kappa shape index (κ2) is 9.09. The highest BCUT2D eigenvalue weighted by molar-refractivity contribution is 5.96. The summed E-state index contributed by atoms with van der Waals surface area (Å²) in [6.07, 6.45) is -0.164. The molecule has 1 aromatic carbocycles. The minimum Gasteiger partial charge on any atom is -0.379 e. The van der Waals surface area contributed by atoms with Crippen molar-refractivity contribution in [1.82, 2.24) is 10.2 Å². The van der Waals surface area contributed by atoms with Gasteiger partial charge in [0.25, 0.3) is 0 Å². The summed E-state index contributed by atoms with van der Waals surface area (Å²) in [7, 11) is 0. The first kappa shape index (κ1) is 18.8. The zero-order valence-corrected chi connectivity index (χ0v) is 15.0. The normalized spacial score (nSPS) is 24.0. The van der Waals surface area contributed by atoms with E-state index in [2.05, 4.69) is 20.9 Å². The van der Waals surface area contributed by atoms with E-state index in [9.17, 15) is 9.59 Å². The molecule has 0 bridgehead atoms. The average molecular weight is 362 g/mol. The van der Waals surface area contributed by atoms with E-state index in [-0.39, 0.29) is 24.0 Å². The van der Waals surface area contributed by atoms with Gasteiger partial charge in [-0.2, -0.15) is 0 Å². The molecule has 2 heterocycles. The number of benzene rings is 1. The summed E-state index contributed by atoms with van der Waals surface area (Å²) < 4.78 is 10.8. The number of ether oxygens (including phenoxy) is 2. The molecule has 0 aromatic heterocycles. The number of hydrogen-bond donors (Lipinski definition) is 3. The molecule has 0 unspecified atom stereocenters. The van der Waals surface area contributed by atoms with Crippen LogP contribution in [0.25, 0.3) is 0 Å². The Labute approximate surface area is 153 Å². The first-order chi connectivity index (χ1) is 12.6. The van der Waals surface area contributed by atoms with Crippen molar-refractivity contribution < 1.29 is 19.1 Å². The minimum absolute atomic E-state index is 0.0546. The van der Waals surface area contributed by atoms with Crippen LogP contribution in [0, 0.1) is 0 Å². The van der Waals surface area contributed by atoms with E-state index in [0.29, 0.717) is 44.3 Å². The van der Waals surface area contributed by atoms with E-state index >= 15 is 0 Å². The maximum Gasteiger partial charge on any atom is 0.244 e. The van der Waals surface area contributed by atoms with Crippen molar-refractivity contribution in [2.24, 2.45) is 0 Å². The first-order valence-corrected chi connectivity index (χ1v) is 8.98. The smallest absolute Gasteiger partial charge is 0.244 e. The number of carbonyl (C=O) groups is 2. The van der Waals surface area contributed by atoms with Gasteiger partial charge in [-0.3, -0.25) is 14.5 Å². The fraction of sp³-hybridized carbons (Fsp3) is 0.556. The van der Waals surface area contributed by atoms with E-state index in [1.165, 1.54) is 0 Å². The van der Waals surface area contributed by atoms with Crippen molar-refractivity contribution in [3.05, 3.63) is 24.3 Å². The SMILES string of the molecule is C[C@H]1OCCN[C@@H]1C(=O)Nc1ccc(NC(=O)CN2CCOCC2)cc1. The van der Waals surface area contributed by atoms with Gasteiger partial charge in [0.2, 0.25) is 11.8 Å². The second-order valence-electron chi connectivity index (χ2n) is 6.51. The van der Waals surface area contributed by atoms with Crippen molar-refractivity contribution in [3.63, 3.8) is 0 Å². The number of morpholine rings is 2. The Kier molecular flexibility index (Phi) is 6.56. The van der Waals surface area contributed by atoms with Crippen LogP contribution in [0.2, 0.25) is 0 Å². The van der Waals surface area contributed by atoms with Gasteiger partial charge in [-0.05, 0) is 31.2 Å². The second-order valence-corrected chi connectivity index (χ2v) is 6.51. The molecule has 0 radical (unpaired) electrons. The molecule has 0 aliphatic carbocycles. The molecule has 0 saturated carbocycles. The summed E-state index contributed by atoms with van der Waals surface area (Å²) in [4.78, 5) is 26.5. The summed E-state index contributed by atoms with van der Waals surface area (Å²) in [6.45, 7) is 6.39. The van der Waals surface area contributed by atoms with E-state index in [1.54, 1.807) is 24.3 Å². The lowest BCUT2D eigenvalue weighted by molar-refractivity contribution is -0.123. The van der Waals surface area contributed by atoms with Crippen LogP contribution < -0.4 is 16.0 Å². The van der Waals surface area contributed by atoms with Gasteiger partial charge in [-0.15, -0.1) is 0 Å². The third-order valence-corrected chi connectivity index (χ3v) is 4.51. The molecule has 1 aromatic rings. The highest BCUT2D eigenvalue weighted by Crippen LogP contribution is 2.15. The van der Waals surface area contributed by atoms with E-state index in [1.807, 2.05) is 6.92 Å². The number of amides is 2. The largest absolute Gasteiger partial charge is 0.379 e. The number of anilines is 2. The van der Waals surface area contributed by atoms with Crippen LogP contribution in [-0.4, -0.2) is 74.9 Å². The van der Waals surface area contributed by atoms with Gasteiger partial charge in [0.05, 0.1) is 32.5 Å². The van der Waals surface area contributed by atoms with E-state index < -0.39 is 0 Å². The molecule has 3 rings (SSSR count). The number of hydrogen-bond acceptors (Lipinski definition) is 6. The molecule has 2 aliphatic heterocycles. The lowest BCUT2D eigenvalue weighted by Crippen LogP contribution is -2.53. The Hall–Kier alpha value is -2.00. The monoisotopic (exact) mass is 362 g/mol. The third kappa shape index (κ3) is 5.25. The highest BCUT2D eigenvalue weighted by Gasteiger charge is 2.28. The summed E-state index contributed by atoms with van der Waals surface area (Å²) in [5.41, 5.74) is 1.38. The summed E-state index contributed by atoms with van der Waals surface area (Å²) in [5, 5.41) is 8.90. The van der Waals surface area contributed by atoms with Crippen LogP contribution in [0.5, 0.6) is 0 Å². The fourth-order valence-corrected chi connectivity index (χ4v) is 3.05. The number of nitrogens with zero attached hydrogens (tertiary/aromatic N) is 1. The minimum atomic E-state index is -0.364. The number of nitrogens with one attached hydrogen (secondary N) is 3. The molecule has 2 amide bonds. The number of rotatable bonds is 5. The van der Waals surface area contributed by atoms with E-state index in [0.717, 1.165) is 13.1 Å². The molecule has 2 fully saturated rings. The van der Waals surface area contributed by atoms with Crippen molar-refractivity contribution in [3.8, 4) is 0 Å². The highest BCUT2D eigenvalue weighted by atomic mass is 16.5. The van der Waals surface area contributed by atoms with Gasteiger partial charge in [0.15, 0.2) is 0 Å². The van der Waals surface area contributed by atoms with Crippen LogP contribution in [0.15, 0.2) is 24.3 Å². The quantitative estimate of drug-likeness (QED) is 0.697. The first-order valence-electron chi connectivity index (χ1n) is 8.98. The lowest BCUT2D eigenvalue weighted by Gasteiger charge is -2.29. The molecule has 26 heavy (non-hydrogen) atoms. The molecule has 3 N–H and O–H groups in total. The van der Waals surface area contributed by atoms with Crippen LogP contribution in [0.3, 0.4) is 0 Å². The predicted octanol–water partition coefficient (Wildman–Crippen LogP) is 0.273. The Balaban J connectivity index is 1.48. The van der Waals surface area contributed by atoms with Crippen LogP contribution in [0.1, 0.15) is 6.92 Å². The summed E-state index contributed by atoms with van der Waals surface area (Å²) in [5.74, 6) is -0.178. The molecule has 8 nitrogen and oxygen atoms in total. The maximum absolute atomic E-state index is 12.3. The van der Waals surface area contributed by atoms with Gasteiger partial charge in [0.1, 0.15) is 6.04 Å². The Morgan fingerprint density at radius 1 is 1.12 bits per heavy atom. The molecule has 0 spiro atoms. The number of carbonyl (C=O) groups excluding carboxylic acids is 2. The topological polar surface area (TPSA) is 91.9 Å². The fourth-order valence-electron chi connectivity index (χ4n) is 3.05. The molecular weight excluding hydrogens is 336 g/mol. The standard InChI is InChI=1S/C18H26N4O4/c1-13-17(19-6-9-26-13)18(24)21-15-4-2-14(3-5-15)20-16(23)12-22-7-10-25-11-8-22/h2-5,13,17,19H,6-12H2,1H3,(H,20,23)(H,21,24)/t13-,17+/m1/s1. The zero-order valence-electron chi connectivity index (χ0n) is 15.0.